The molecule has 1 saturated heterocycles. The Morgan fingerprint density at radius 1 is 1.19 bits per heavy atom. The van der Waals surface area contributed by atoms with Gasteiger partial charge in [0.2, 0.25) is 0 Å². The molecule has 1 heterocycles. The molecule has 0 bridgehead atoms. The quantitative estimate of drug-likeness (QED) is 0.730. The Morgan fingerprint density at radius 3 is 2.74 bits per heavy atom. The number of carbonyl (C=O) groups is 2. The molecule has 31 heavy (non-hydrogen) atoms. The van der Waals surface area contributed by atoms with Crippen LogP contribution >= 0.6 is 0 Å². The van der Waals surface area contributed by atoms with Crippen LogP contribution in [0.3, 0.4) is 0 Å². The first-order valence-corrected chi connectivity index (χ1v) is 10.1. The van der Waals surface area contributed by atoms with Gasteiger partial charge in [-0.15, -0.1) is 0 Å². The number of rotatable bonds is 4. The first kappa shape index (κ1) is 21.4. The highest BCUT2D eigenvalue weighted by Crippen LogP contribution is 2.33. The lowest BCUT2D eigenvalue weighted by Crippen LogP contribution is -2.47. The smallest absolute Gasteiger partial charge is 0.416 e. The Morgan fingerprint density at radius 2 is 1.97 bits per heavy atom. The molecule has 0 spiro atoms. The number of fused-ring (bicyclic) bond motifs is 1. The molecule has 1 unspecified atom stereocenters. The van der Waals surface area contributed by atoms with Gasteiger partial charge in [-0.25, -0.2) is 0 Å². The van der Waals surface area contributed by atoms with Crippen LogP contribution in [0.4, 0.5) is 13.2 Å². The molecular weight excluding hydrogens is 411 g/mol. The van der Waals surface area contributed by atoms with Gasteiger partial charge in [-0.1, -0.05) is 18.2 Å². The van der Waals surface area contributed by atoms with E-state index in [0.29, 0.717) is 30.7 Å². The first-order chi connectivity index (χ1) is 14.8. The van der Waals surface area contributed by atoms with E-state index in [-0.39, 0.29) is 36.7 Å². The number of ether oxygens (including phenoxy) is 2. The van der Waals surface area contributed by atoms with Crippen molar-refractivity contribution >= 4 is 11.7 Å². The van der Waals surface area contributed by atoms with Gasteiger partial charge in [0.15, 0.2) is 5.78 Å². The Balaban J connectivity index is 1.44. The molecule has 1 aliphatic carbocycles. The lowest BCUT2D eigenvalue weighted by Gasteiger charge is -2.33. The van der Waals surface area contributed by atoms with Crippen molar-refractivity contribution < 1.29 is 32.2 Å². The number of Topliss-reactive ketones (excluding diaryl/α,β-unsaturated/α-hetero) is 1. The molecule has 1 atom stereocenters. The molecule has 8 heteroatoms. The summed E-state index contributed by atoms with van der Waals surface area (Å²) >= 11 is 0. The lowest BCUT2D eigenvalue weighted by atomic mass is 10.0. The fraction of sp³-hybridized carbons (Fsp3) is 0.391. The van der Waals surface area contributed by atoms with E-state index in [0.717, 1.165) is 11.6 Å². The van der Waals surface area contributed by atoms with Crippen molar-refractivity contribution in [3.63, 3.8) is 0 Å². The van der Waals surface area contributed by atoms with Gasteiger partial charge in [0.05, 0.1) is 18.7 Å². The van der Waals surface area contributed by atoms with Crippen molar-refractivity contribution in [2.75, 3.05) is 26.3 Å². The Hall–Kier alpha value is -2.87. The van der Waals surface area contributed by atoms with Crippen LogP contribution in [0.5, 0.6) is 5.75 Å². The minimum atomic E-state index is -4.51. The molecule has 5 nitrogen and oxygen atoms in total. The zero-order valence-electron chi connectivity index (χ0n) is 17.0. The second kappa shape index (κ2) is 8.34. The first-order valence-electron chi connectivity index (χ1n) is 10.1. The number of morpholine rings is 1. The third kappa shape index (κ3) is 4.30. The van der Waals surface area contributed by atoms with Crippen LogP contribution in [0.1, 0.15) is 43.8 Å². The second-order valence-corrected chi connectivity index (χ2v) is 7.74. The number of hydrogen-bond acceptors (Lipinski definition) is 4. The average Bonchev–Trinajstić information content (AvgIpc) is 3.13. The zero-order valence-corrected chi connectivity index (χ0v) is 17.0. The largest absolute Gasteiger partial charge is 0.491 e. The number of nitrogens with zero attached hydrogens (tertiary/aromatic N) is 1. The average molecular weight is 433 g/mol. The highest BCUT2D eigenvalue weighted by molar-refractivity contribution is 6.01. The maximum absolute atomic E-state index is 13.2. The van der Waals surface area contributed by atoms with Crippen molar-refractivity contribution in [1.29, 1.82) is 0 Å². The molecule has 2 aromatic carbocycles. The van der Waals surface area contributed by atoms with Crippen LogP contribution in [0, 0.1) is 6.92 Å². The molecular formula is C23H22F3NO4. The Bertz CT molecular complexity index is 1020. The van der Waals surface area contributed by atoms with E-state index in [9.17, 15) is 22.8 Å². The molecule has 2 aromatic rings. The molecule has 0 saturated carbocycles. The molecule has 2 aliphatic rings. The van der Waals surface area contributed by atoms with Gasteiger partial charge in [-0.05, 0) is 37.1 Å². The number of amides is 1. The summed E-state index contributed by atoms with van der Waals surface area (Å²) in [6.07, 6.45) is -3.83. The molecule has 1 fully saturated rings. The third-order valence-corrected chi connectivity index (χ3v) is 5.76. The van der Waals surface area contributed by atoms with E-state index in [1.807, 2.05) is 0 Å². The van der Waals surface area contributed by atoms with Crippen LogP contribution in [0.15, 0.2) is 36.4 Å². The summed E-state index contributed by atoms with van der Waals surface area (Å²) < 4.78 is 51.2. The minimum absolute atomic E-state index is 0.0378. The normalized spacial score (nSPS) is 18.8. The van der Waals surface area contributed by atoms with Gasteiger partial charge in [-0.2, -0.15) is 13.2 Å². The number of benzene rings is 2. The molecule has 4 rings (SSSR count). The van der Waals surface area contributed by atoms with Crippen molar-refractivity contribution in [1.82, 2.24) is 4.90 Å². The van der Waals surface area contributed by atoms with E-state index in [1.54, 1.807) is 18.2 Å². The summed E-state index contributed by atoms with van der Waals surface area (Å²) in [4.78, 5) is 26.3. The van der Waals surface area contributed by atoms with Gasteiger partial charge < -0.3 is 14.4 Å². The summed E-state index contributed by atoms with van der Waals surface area (Å²) in [6.45, 7) is 2.26. The summed E-state index contributed by atoms with van der Waals surface area (Å²) in [7, 11) is 0. The zero-order chi connectivity index (χ0) is 22.2. The van der Waals surface area contributed by atoms with Gasteiger partial charge >= 0.3 is 6.18 Å². The number of hydrogen-bond donors (Lipinski definition) is 0. The van der Waals surface area contributed by atoms with E-state index >= 15 is 0 Å². The predicted molar refractivity (Wildman–Crippen MR) is 106 cm³/mol. The van der Waals surface area contributed by atoms with Gasteiger partial charge in [0, 0.05) is 29.7 Å². The fourth-order valence-corrected chi connectivity index (χ4v) is 4.13. The maximum Gasteiger partial charge on any atom is 0.416 e. The molecule has 0 N–H and O–H groups in total. The van der Waals surface area contributed by atoms with Crippen molar-refractivity contribution in [2.24, 2.45) is 0 Å². The SMILES string of the molecule is Cc1c(C(=O)N2CCOC(COc3cccc4c3CCC4=O)C2)cccc1C(F)(F)F. The number of carbonyl (C=O) groups excluding carboxylic acids is 2. The Labute approximate surface area is 177 Å². The Kier molecular flexibility index (Phi) is 5.75. The van der Waals surface area contributed by atoms with Crippen LogP contribution in [-0.2, 0) is 17.3 Å². The molecule has 0 radical (unpaired) electrons. The number of halogens is 3. The standard InChI is InChI=1S/C23H22F3NO4/c1-14-16(4-2-6-19(14)23(24,25)26)22(29)27-10-11-30-15(12-27)13-31-21-7-3-5-17-18(21)8-9-20(17)28/h2-7,15H,8-13H2,1H3. The topological polar surface area (TPSA) is 55.8 Å². The second-order valence-electron chi connectivity index (χ2n) is 7.74. The maximum atomic E-state index is 13.2. The minimum Gasteiger partial charge on any atom is -0.491 e. The van der Waals surface area contributed by atoms with E-state index in [2.05, 4.69) is 0 Å². The van der Waals surface area contributed by atoms with Gasteiger partial charge in [0.1, 0.15) is 18.5 Å². The van der Waals surface area contributed by atoms with Crippen molar-refractivity contribution in [2.45, 2.75) is 32.0 Å². The van der Waals surface area contributed by atoms with E-state index in [1.165, 1.54) is 24.0 Å². The highest BCUT2D eigenvalue weighted by atomic mass is 19.4. The van der Waals surface area contributed by atoms with Gasteiger partial charge in [-0.3, -0.25) is 9.59 Å². The summed E-state index contributed by atoms with van der Waals surface area (Å²) in [5.74, 6) is 0.273. The summed E-state index contributed by atoms with van der Waals surface area (Å²) in [6, 6.07) is 9.00. The third-order valence-electron chi connectivity index (χ3n) is 5.76. The lowest BCUT2D eigenvalue weighted by molar-refractivity contribution is -0.138. The van der Waals surface area contributed by atoms with Crippen molar-refractivity contribution in [3.05, 3.63) is 64.2 Å². The molecule has 1 aliphatic heterocycles. The van der Waals surface area contributed by atoms with Gasteiger partial charge in [0.25, 0.3) is 5.91 Å². The summed E-state index contributed by atoms with van der Waals surface area (Å²) in [5, 5.41) is 0. The van der Waals surface area contributed by atoms with Crippen LogP contribution in [0.25, 0.3) is 0 Å². The van der Waals surface area contributed by atoms with E-state index in [4.69, 9.17) is 9.47 Å². The molecule has 164 valence electrons. The number of ketones is 1. The highest BCUT2D eigenvalue weighted by Gasteiger charge is 2.35. The summed E-state index contributed by atoms with van der Waals surface area (Å²) in [5.41, 5.74) is 0.716. The van der Waals surface area contributed by atoms with Crippen LogP contribution in [-0.4, -0.2) is 49.0 Å². The van der Waals surface area contributed by atoms with Crippen LogP contribution < -0.4 is 4.74 Å². The predicted octanol–water partition coefficient (Wildman–Crippen LogP) is 4.06. The molecule has 1 amide bonds. The monoisotopic (exact) mass is 433 g/mol. The molecule has 0 aromatic heterocycles. The fourth-order valence-electron chi connectivity index (χ4n) is 4.13. The van der Waals surface area contributed by atoms with Crippen molar-refractivity contribution in [3.8, 4) is 5.75 Å². The number of alkyl halides is 3. The van der Waals surface area contributed by atoms with Crippen LogP contribution in [0.2, 0.25) is 0 Å². The van der Waals surface area contributed by atoms with E-state index < -0.39 is 23.8 Å².